The summed E-state index contributed by atoms with van der Waals surface area (Å²) < 4.78 is 0. The number of hydrogen-bond acceptors (Lipinski definition) is 5. The zero-order valence-electron chi connectivity index (χ0n) is 13.0. The van der Waals surface area contributed by atoms with Gasteiger partial charge in [0.15, 0.2) is 0 Å². The van der Waals surface area contributed by atoms with E-state index in [1.54, 1.807) is 5.51 Å². The standard InChI is InChI=1S/C15H21N5OS/c1-4-11-5-7-12(8-6-11)13(20(2)3)9-16-14(21)18-15-19-17-10-22-15/h5-8,10,13H,4,9H2,1-3H3,(H2,16,18,19,21). The molecule has 0 aliphatic rings. The fraction of sp³-hybridized carbons (Fsp3) is 0.400. The summed E-state index contributed by atoms with van der Waals surface area (Å²) in [6, 6.07) is 8.35. The first-order chi connectivity index (χ1) is 10.6. The molecule has 0 radical (unpaired) electrons. The summed E-state index contributed by atoms with van der Waals surface area (Å²) in [4.78, 5) is 14.0. The second kappa shape index (κ2) is 7.86. The van der Waals surface area contributed by atoms with Gasteiger partial charge >= 0.3 is 6.03 Å². The summed E-state index contributed by atoms with van der Waals surface area (Å²) in [6.45, 7) is 2.65. The van der Waals surface area contributed by atoms with E-state index >= 15 is 0 Å². The van der Waals surface area contributed by atoms with Crippen molar-refractivity contribution in [3.05, 3.63) is 40.9 Å². The number of carbonyl (C=O) groups excluding carboxylic acids is 1. The number of nitrogens with zero attached hydrogens (tertiary/aromatic N) is 3. The van der Waals surface area contributed by atoms with Crippen LogP contribution in [0.15, 0.2) is 29.8 Å². The molecule has 0 saturated heterocycles. The highest BCUT2D eigenvalue weighted by molar-refractivity contribution is 7.13. The van der Waals surface area contributed by atoms with E-state index in [-0.39, 0.29) is 12.1 Å². The molecule has 118 valence electrons. The average Bonchev–Trinajstić information content (AvgIpc) is 3.00. The van der Waals surface area contributed by atoms with Crippen LogP contribution >= 0.6 is 11.3 Å². The van der Waals surface area contributed by atoms with Crippen molar-refractivity contribution in [1.29, 1.82) is 0 Å². The lowest BCUT2D eigenvalue weighted by Crippen LogP contribution is -2.36. The summed E-state index contributed by atoms with van der Waals surface area (Å²) in [6.07, 6.45) is 1.02. The third-order valence-corrected chi connectivity index (χ3v) is 4.04. The number of likely N-dealkylation sites (N-methyl/N-ethyl adjacent to an activating group) is 1. The molecule has 1 heterocycles. The Balaban J connectivity index is 1.95. The Hall–Kier alpha value is -1.99. The molecule has 1 atom stereocenters. The molecular weight excluding hydrogens is 298 g/mol. The number of aryl methyl sites for hydroxylation is 1. The largest absolute Gasteiger partial charge is 0.336 e. The molecule has 0 spiro atoms. The third-order valence-electron chi connectivity index (χ3n) is 3.43. The van der Waals surface area contributed by atoms with Crippen LogP contribution in [0, 0.1) is 0 Å². The van der Waals surface area contributed by atoms with Gasteiger partial charge in [0.05, 0.1) is 6.04 Å². The smallest absolute Gasteiger partial charge is 0.321 e. The summed E-state index contributed by atoms with van der Waals surface area (Å²) >= 11 is 1.29. The number of amides is 2. The minimum atomic E-state index is -0.270. The van der Waals surface area contributed by atoms with Gasteiger partial charge in [-0.15, -0.1) is 10.2 Å². The lowest BCUT2D eigenvalue weighted by atomic mass is 10.0. The van der Waals surface area contributed by atoms with Gasteiger partial charge in [-0.3, -0.25) is 5.32 Å². The lowest BCUT2D eigenvalue weighted by molar-refractivity contribution is 0.243. The fourth-order valence-corrected chi connectivity index (χ4v) is 2.57. The van der Waals surface area contributed by atoms with E-state index in [9.17, 15) is 4.79 Å². The molecule has 1 aromatic heterocycles. The zero-order chi connectivity index (χ0) is 15.9. The van der Waals surface area contributed by atoms with Crippen LogP contribution in [0.2, 0.25) is 0 Å². The first-order valence-corrected chi connectivity index (χ1v) is 8.04. The minimum Gasteiger partial charge on any atom is -0.336 e. The molecule has 1 aromatic carbocycles. The van der Waals surface area contributed by atoms with Crippen molar-refractivity contribution in [2.24, 2.45) is 0 Å². The number of nitrogens with one attached hydrogen (secondary N) is 2. The predicted molar refractivity (Wildman–Crippen MR) is 89.2 cm³/mol. The number of carbonyl (C=O) groups is 1. The molecule has 2 N–H and O–H groups in total. The van der Waals surface area contributed by atoms with Crippen LogP contribution in [0.4, 0.5) is 9.93 Å². The Morgan fingerprint density at radius 3 is 2.59 bits per heavy atom. The molecule has 6 nitrogen and oxygen atoms in total. The van der Waals surface area contributed by atoms with Crippen molar-refractivity contribution in [2.75, 3.05) is 26.0 Å². The Morgan fingerprint density at radius 1 is 1.32 bits per heavy atom. The summed E-state index contributed by atoms with van der Waals surface area (Å²) in [5, 5.41) is 13.5. The maximum Gasteiger partial charge on any atom is 0.321 e. The van der Waals surface area contributed by atoms with E-state index in [0.29, 0.717) is 11.7 Å². The van der Waals surface area contributed by atoms with E-state index < -0.39 is 0 Å². The van der Waals surface area contributed by atoms with Gasteiger partial charge in [0.1, 0.15) is 5.51 Å². The molecule has 0 aliphatic carbocycles. The Kier molecular flexibility index (Phi) is 5.85. The normalized spacial score (nSPS) is 12.2. The number of benzene rings is 1. The van der Waals surface area contributed by atoms with Gasteiger partial charge in [0, 0.05) is 6.54 Å². The molecule has 2 amide bonds. The van der Waals surface area contributed by atoms with Gasteiger partial charge in [-0.05, 0) is 31.6 Å². The van der Waals surface area contributed by atoms with E-state index in [2.05, 4.69) is 56.9 Å². The first kappa shape index (κ1) is 16.4. The topological polar surface area (TPSA) is 70.1 Å². The van der Waals surface area contributed by atoms with Gasteiger partial charge in [-0.25, -0.2) is 4.79 Å². The first-order valence-electron chi connectivity index (χ1n) is 7.16. The summed E-state index contributed by atoms with van der Waals surface area (Å²) in [7, 11) is 4.01. The van der Waals surface area contributed by atoms with E-state index in [1.165, 1.54) is 22.5 Å². The molecule has 22 heavy (non-hydrogen) atoms. The third kappa shape index (κ3) is 4.51. The molecule has 0 fully saturated rings. The molecule has 2 aromatic rings. The Morgan fingerprint density at radius 2 is 2.05 bits per heavy atom. The van der Waals surface area contributed by atoms with Crippen LogP contribution in [-0.2, 0) is 6.42 Å². The van der Waals surface area contributed by atoms with Crippen molar-refractivity contribution in [1.82, 2.24) is 20.4 Å². The quantitative estimate of drug-likeness (QED) is 0.858. The predicted octanol–water partition coefficient (Wildman–Crippen LogP) is 2.52. The lowest BCUT2D eigenvalue weighted by Gasteiger charge is -2.25. The number of anilines is 1. The molecule has 2 rings (SSSR count). The van der Waals surface area contributed by atoms with Crippen LogP contribution in [-0.4, -0.2) is 41.8 Å². The SMILES string of the molecule is CCc1ccc(C(CNC(=O)Nc2nncs2)N(C)C)cc1. The van der Waals surface area contributed by atoms with Crippen LogP contribution < -0.4 is 10.6 Å². The molecule has 0 aliphatic heterocycles. The highest BCUT2D eigenvalue weighted by Crippen LogP contribution is 2.18. The second-order valence-corrected chi connectivity index (χ2v) is 5.99. The molecule has 0 bridgehead atoms. The van der Waals surface area contributed by atoms with Crippen molar-refractivity contribution >= 4 is 22.5 Å². The highest BCUT2D eigenvalue weighted by Gasteiger charge is 2.15. The van der Waals surface area contributed by atoms with Crippen LogP contribution in [0.1, 0.15) is 24.1 Å². The molecule has 7 heteroatoms. The van der Waals surface area contributed by atoms with Crippen molar-refractivity contribution < 1.29 is 4.79 Å². The average molecular weight is 319 g/mol. The number of rotatable bonds is 6. The van der Waals surface area contributed by atoms with Gasteiger partial charge < -0.3 is 10.2 Å². The maximum absolute atomic E-state index is 11.9. The Bertz CT molecular complexity index is 582. The van der Waals surface area contributed by atoms with Gasteiger partial charge in [-0.1, -0.05) is 42.5 Å². The van der Waals surface area contributed by atoms with Crippen molar-refractivity contribution in [3.63, 3.8) is 0 Å². The zero-order valence-corrected chi connectivity index (χ0v) is 13.9. The monoisotopic (exact) mass is 319 g/mol. The maximum atomic E-state index is 11.9. The number of hydrogen-bond donors (Lipinski definition) is 2. The van der Waals surface area contributed by atoms with Crippen LogP contribution in [0.3, 0.4) is 0 Å². The van der Waals surface area contributed by atoms with Gasteiger partial charge in [-0.2, -0.15) is 0 Å². The summed E-state index contributed by atoms with van der Waals surface area (Å²) in [5.41, 5.74) is 4.06. The van der Waals surface area contributed by atoms with E-state index in [0.717, 1.165) is 6.42 Å². The van der Waals surface area contributed by atoms with Crippen LogP contribution in [0.5, 0.6) is 0 Å². The van der Waals surface area contributed by atoms with Crippen LogP contribution in [0.25, 0.3) is 0 Å². The van der Waals surface area contributed by atoms with Crippen molar-refractivity contribution in [3.8, 4) is 0 Å². The molecule has 0 saturated carbocycles. The van der Waals surface area contributed by atoms with E-state index in [1.807, 2.05) is 14.1 Å². The highest BCUT2D eigenvalue weighted by atomic mass is 32.1. The number of urea groups is 1. The van der Waals surface area contributed by atoms with Crippen molar-refractivity contribution in [2.45, 2.75) is 19.4 Å². The van der Waals surface area contributed by atoms with Gasteiger partial charge in [0.25, 0.3) is 0 Å². The fourth-order valence-electron chi connectivity index (χ4n) is 2.13. The Labute approximate surface area is 134 Å². The molecule has 1 unspecified atom stereocenters. The minimum absolute atomic E-state index is 0.117. The van der Waals surface area contributed by atoms with E-state index in [4.69, 9.17) is 0 Å². The molecular formula is C15H21N5OS. The van der Waals surface area contributed by atoms with Gasteiger partial charge in [0.2, 0.25) is 5.13 Å². The summed E-state index contributed by atoms with van der Waals surface area (Å²) in [5.74, 6) is 0. The second-order valence-electron chi connectivity index (χ2n) is 5.15. The number of aromatic nitrogens is 2.